The first-order valence-electron chi connectivity index (χ1n) is 4.54. The minimum atomic E-state index is -4.32. The van der Waals surface area contributed by atoms with Crippen molar-refractivity contribution in [1.29, 1.82) is 0 Å². The largest absolute Gasteiger partial charge is 0.405 e. The van der Waals surface area contributed by atoms with Gasteiger partial charge in [-0.05, 0) is 25.9 Å². The normalized spacial score (nSPS) is 19.4. The Balaban J connectivity index is 2.27. The molecule has 1 saturated heterocycles. The number of alkyl halides is 3. The first-order valence-corrected chi connectivity index (χ1v) is 4.54. The molecule has 0 bridgehead atoms. The number of hydrogen-bond acceptors (Lipinski definition) is 2. The molecule has 3 nitrogen and oxygen atoms in total. The number of carbonyl (C=O) groups is 1. The van der Waals surface area contributed by atoms with E-state index in [-0.39, 0.29) is 5.92 Å². The molecule has 1 heterocycles. The summed E-state index contributed by atoms with van der Waals surface area (Å²) in [6.45, 7) is 0.171. The minimum Gasteiger partial charge on any atom is -0.347 e. The standard InChI is InChI=1S/C8H13F3N2O/c9-8(10,11)5-13-7(14)6-1-3-12-4-2-6/h6,12H,1-5H2,(H,13,14). The lowest BCUT2D eigenvalue weighted by Crippen LogP contribution is -2.41. The Bertz CT molecular complexity index is 199. The lowest BCUT2D eigenvalue weighted by Gasteiger charge is -2.22. The third-order valence-electron chi connectivity index (χ3n) is 2.17. The van der Waals surface area contributed by atoms with Crippen molar-refractivity contribution in [2.45, 2.75) is 19.0 Å². The molecule has 82 valence electrons. The number of halogens is 3. The molecule has 0 saturated carbocycles. The summed E-state index contributed by atoms with van der Waals surface area (Å²) in [4.78, 5) is 11.2. The van der Waals surface area contributed by atoms with Gasteiger partial charge in [0.2, 0.25) is 5.91 Å². The maximum Gasteiger partial charge on any atom is 0.405 e. The second kappa shape index (κ2) is 4.63. The molecule has 0 atom stereocenters. The number of hydrogen-bond donors (Lipinski definition) is 2. The van der Waals surface area contributed by atoms with E-state index in [9.17, 15) is 18.0 Å². The predicted molar refractivity (Wildman–Crippen MR) is 44.7 cm³/mol. The Morgan fingerprint density at radius 2 is 1.93 bits per heavy atom. The fourth-order valence-electron chi connectivity index (χ4n) is 1.42. The fourth-order valence-corrected chi connectivity index (χ4v) is 1.42. The third kappa shape index (κ3) is 3.95. The molecule has 0 radical (unpaired) electrons. The van der Waals surface area contributed by atoms with Crippen LogP contribution in [0.15, 0.2) is 0 Å². The van der Waals surface area contributed by atoms with E-state index < -0.39 is 18.6 Å². The molecule has 1 aliphatic heterocycles. The van der Waals surface area contributed by atoms with Gasteiger partial charge in [-0.15, -0.1) is 0 Å². The van der Waals surface area contributed by atoms with Gasteiger partial charge >= 0.3 is 6.18 Å². The van der Waals surface area contributed by atoms with Crippen molar-refractivity contribution >= 4 is 5.91 Å². The van der Waals surface area contributed by atoms with Crippen LogP contribution in [0.1, 0.15) is 12.8 Å². The number of carbonyl (C=O) groups excluding carboxylic acids is 1. The Labute approximate surface area is 80.0 Å². The van der Waals surface area contributed by atoms with Crippen molar-refractivity contribution in [1.82, 2.24) is 10.6 Å². The van der Waals surface area contributed by atoms with Gasteiger partial charge < -0.3 is 10.6 Å². The molecule has 2 N–H and O–H groups in total. The van der Waals surface area contributed by atoms with Crippen molar-refractivity contribution in [2.75, 3.05) is 19.6 Å². The van der Waals surface area contributed by atoms with Crippen LogP contribution in [0.2, 0.25) is 0 Å². The van der Waals surface area contributed by atoms with E-state index in [1.165, 1.54) is 0 Å². The molecule has 1 fully saturated rings. The summed E-state index contributed by atoms with van der Waals surface area (Å²) in [5, 5.41) is 4.94. The number of nitrogens with one attached hydrogen (secondary N) is 2. The minimum absolute atomic E-state index is 0.265. The monoisotopic (exact) mass is 210 g/mol. The molecule has 0 aromatic heterocycles. The molecule has 14 heavy (non-hydrogen) atoms. The topological polar surface area (TPSA) is 41.1 Å². The summed E-state index contributed by atoms with van der Waals surface area (Å²) in [5.41, 5.74) is 0. The summed E-state index contributed by atoms with van der Waals surface area (Å²) in [7, 11) is 0. The first kappa shape index (κ1) is 11.3. The van der Waals surface area contributed by atoms with E-state index in [0.29, 0.717) is 25.9 Å². The summed E-state index contributed by atoms with van der Waals surface area (Å²) in [6, 6.07) is 0. The lowest BCUT2D eigenvalue weighted by atomic mass is 9.97. The lowest BCUT2D eigenvalue weighted by molar-refractivity contribution is -0.141. The van der Waals surface area contributed by atoms with Crippen LogP contribution in [-0.4, -0.2) is 31.7 Å². The van der Waals surface area contributed by atoms with Gasteiger partial charge in [-0.1, -0.05) is 0 Å². The van der Waals surface area contributed by atoms with E-state index in [1.807, 2.05) is 5.32 Å². The first-order chi connectivity index (χ1) is 6.49. The molecule has 1 rings (SSSR count). The van der Waals surface area contributed by atoms with E-state index >= 15 is 0 Å². The highest BCUT2D eigenvalue weighted by Gasteiger charge is 2.29. The quantitative estimate of drug-likeness (QED) is 0.703. The smallest absolute Gasteiger partial charge is 0.347 e. The number of rotatable bonds is 2. The average Bonchev–Trinajstić information content (AvgIpc) is 2.14. The van der Waals surface area contributed by atoms with Crippen LogP contribution in [0, 0.1) is 5.92 Å². The maximum atomic E-state index is 11.8. The van der Waals surface area contributed by atoms with Crippen LogP contribution in [0.3, 0.4) is 0 Å². The van der Waals surface area contributed by atoms with Crippen LogP contribution in [0.4, 0.5) is 13.2 Å². The van der Waals surface area contributed by atoms with Gasteiger partial charge in [-0.3, -0.25) is 4.79 Å². The van der Waals surface area contributed by atoms with Gasteiger partial charge in [0.25, 0.3) is 0 Å². The Kier molecular flexibility index (Phi) is 3.74. The summed E-state index contributed by atoms with van der Waals surface area (Å²) in [5.74, 6) is -0.748. The Morgan fingerprint density at radius 3 is 2.43 bits per heavy atom. The van der Waals surface area contributed by atoms with Gasteiger partial charge in [0.1, 0.15) is 6.54 Å². The van der Waals surface area contributed by atoms with Gasteiger partial charge in [0.15, 0.2) is 0 Å². The molecule has 0 spiro atoms. The van der Waals surface area contributed by atoms with Crippen molar-refractivity contribution < 1.29 is 18.0 Å². The van der Waals surface area contributed by atoms with E-state index in [2.05, 4.69) is 5.32 Å². The van der Waals surface area contributed by atoms with Gasteiger partial charge in [0, 0.05) is 5.92 Å². The summed E-state index contributed by atoms with van der Waals surface area (Å²) < 4.78 is 35.3. The number of piperidine rings is 1. The molecule has 6 heteroatoms. The highest BCUT2D eigenvalue weighted by molar-refractivity contribution is 5.78. The van der Waals surface area contributed by atoms with E-state index in [0.717, 1.165) is 0 Å². The van der Waals surface area contributed by atoms with Crippen LogP contribution in [0.5, 0.6) is 0 Å². The molecule has 1 aliphatic rings. The Hall–Kier alpha value is -0.780. The molecular weight excluding hydrogens is 197 g/mol. The molecule has 0 aromatic rings. The molecular formula is C8H13F3N2O. The zero-order valence-corrected chi connectivity index (χ0v) is 7.66. The SMILES string of the molecule is O=C(NCC(F)(F)F)C1CCNCC1. The number of amides is 1. The summed E-state index contributed by atoms with van der Waals surface area (Å²) in [6.07, 6.45) is -3.09. The average molecular weight is 210 g/mol. The second-order valence-corrected chi connectivity index (χ2v) is 3.36. The van der Waals surface area contributed by atoms with Crippen LogP contribution < -0.4 is 10.6 Å². The van der Waals surface area contributed by atoms with Gasteiger partial charge in [-0.2, -0.15) is 13.2 Å². The Morgan fingerprint density at radius 1 is 1.36 bits per heavy atom. The van der Waals surface area contributed by atoms with E-state index in [1.54, 1.807) is 0 Å². The summed E-state index contributed by atoms with van der Waals surface area (Å²) >= 11 is 0. The molecule has 1 amide bonds. The molecule has 0 aliphatic carbocycles. The maximum absolute atomic E-state index is 11.8. The zero-order chi connectivity index (χ0) is 10.6. The molecule has 0 unspecified atom stereocenters. The predicted octanol–water partition coefficient (Wildman–Crippen LogP) is 0.664. The van der Waals surface area contributed by atoms with Crippen LogP contribution in [0.25, 0.3) is 0 Å². The van der Waals surface area contributed by atoms with Crippen LogP contribution >= 0.6 is 0 Å². The van der Waals surface area contributed by atoms with Crippen molar-refractivity contribution in [3.05, 3.63) is 0 Å². The van der Waals surface area contributed by atoms with Gasteiger partial charge in [0.05, 0.1) is 0 Å². The molecule has 0 aromatic carbocycles. The van der Waals surface area contributed by atoms with Crippen molar-refractivity contribution in [3.8, 4) is 0 Å². The third-order valence-corrected chi connectivity index (χ3v) is 2.17. The fraction of sp³-hybridized carbons (Fsp3) is 0.875. The zero-order valence-electron chi connectivity index (χ0n) is 7.66. The van der Waals surface area contributed by atoms with E-state index in [4.69, 9.17) is 0 Å². The van der Waals surface area contributed by atoms with Crippen molar-refractivity contribution in [2.24, 2.45) is 5.92 Å². The van der Waals surface area contributed by atoms with Gasteiger partial charge in [-0.25, -0.2) is 0 Å². The highest BCUT2D eigenvalue weighted by Crippen LogP contribution is 2.15. The van der Waals surface area contributed by atoms with Crippen LogP contribution in [-0.2, 0) is 4.79 Å². The van der Waals surface area contributed by atoms with Crippen molar-refractivity contribution in [3.63, 3.8) is 0 Å². The second-order valence-electron chi connectivity index (χ2n) is 3.36. The highest BCUT2D eigenvalue weighted by atomic mass is 19.4.